The standard InChI is InChI=1S/C49H96NO8P/c1-6-8-10-12-14-16-18-20-22-24-26-28-30-32-34-36-38-40-42-49(52)58-47(46-57-59(53,54)56-44-43-50(3,4)5)45-55-48(51)41-39-37-35-33-31-29-27-25-23-21-19-17-15-13-11-9-7-2/h21,23,47H,6-20,22,24-46H2,1-5H3/b23-21+/t47-/m1/s1. The Morgan fingerprint density at radius 3 is 1.25 bits per heavy atom. The molecular formula is C49H96NO8P. The molecule has 0 aliphatic rings. The van der Waals surface area contributed by atoms with Crippen LogP contribution in [-0.2, 0) is 32.7 Å². The first-order chi connectivity index (χ1) is 28.5. The molecule has 0 aliphatic heterocycles. The highest BCUT2D eigenvalue weighted by Crippen LogP contribution is 2.38. The minimum Gasteiger partial charge on any atom is -0.756 e. The Bertz CT molecular complexity index is 1020. The van der Waals surface area contributed by atoms with E-state index in [2.05, 4.69) is 26.0 Å². The number of ether oxygens (including phenoxy) is 2. The lowest BCUT2D eigenvalue weighted by atomic mass is 10.0. The van der Waals surface area contributed by atoms with Crippen LogP contribution in [0, 0.1) is 0 Å². The Kier molecular flexibility index (Phi) is 41.2. The van der Waals surface area contributed by atoms with Crippen LogP contribution < -0.4 is 4.89 Å². The van der Waals surface area contributed by atoms with Gasteiger partial charge in [-0.1, -0.05) is 199 Å². The predicted octanol–water partition coefficient (Wildman–Crippen LogP) is 13.9. The van der Waals surface area contributed by atoms with Crippen LogP contribution in [0.4, 0.5) is 0 Å². The van der Waals surface area contributed by atoms with Gasteiger partial charge in [-0.05, 0) is 38.5 Å². The summed E-state index contributed by atoms with van der Waals surface area (Å²) in [5.41, 5.74) is 0. The average molecular weight is 858 g/mol. The number of likely N-dealkylation sites (N-methyl/N-ethyl adjacent to an activating group) is 1. The summed E-state index contributed by atoms with van der Waals surface area (Å²) in [6, 6.07) is 0. The molecule has 0 N–H and O–H groups in total. The highest BCUT2D eigenvalue weighted by atomic mass is 31.2. The molecule has 0 rings (SSSR count). The third-order valence-corrected chi connectivity index (χ3v) is 12.0. The lowest BCUT2D eigenvalue weighted by Crippen LogP contribution is -2.37. The maximum atomic E-state index is 12.7. The second-order valence-corrected chi connectivity index (χ2v) is 19.6. The molecule has 0 spiro atoms. The van der Waals surface area contributed by atoms with Gasteiger partial charge in [0.15, 0.2) is 6.10 Å². The zero-order valence-corrected chi connectivity index (χ0v) is 40.4. The summed E-state index contributed by atoms with van der Waals surface area (Å²) < 4.78 is 34.0. The molecule has 0 amide bonds. The predicted molar refractivity (Wildman–Crippen MR) is 245 cm³/mol. The van der Waals surface area contributed by atoms with Crippen molar-refractivity contribution in [2.24, 2.45) is 0 Å². The number of unbranched alkanes of at least 4 members (excludes halogenated alkanes) is 30. The van der Waals surface area contributed by atoms with Gasteiger partial charge in [0.1, 0.15) is 19.8 Å². The lowest BCUT2D eigenvalue weighted by molar-refractivity contribution is -0.870. The number of phosphoric ester groups is 1. The topological polar surface area (TPSA) is 111 Å². The van der Waals surface area contributed by atoms with Gasteiger partial charge in [0.2, 0.25) is 0 Å². The highest BCUT2D eigenvalue weighted by Gasteiger charge is 2.21. The molecule has 0 radical (unpaired) electrons. The second kappa shape index (κ2) is 42.1. The Balaban J connectivity index is 4.25. The molecular weight excluding hydrogens is 762 g/mol. The number of phosphoric acid groups is 1. The number of carbonyl (C=O) groups excluding carboxylic acids is 2. The molecule has 350 valence electrons. The Labute approximate surface area is 365 Å². The maximum Gasteiger partial charge on any atom is 0.306 e. The summed E-state index contributed by atoms with van der Waals surface area (Å²) >= 11 is 0. The van der Waals surface area contributed by atoms with Gasteiger partial charge >= 0.3 is 11.9 Å². The normalized spacial score (nSPS) is 13.5. The summed E-state index contributed by atoms with van der Waals surface area (Å²) in [4.78, 5) is 37.7. The zero-order chi connectivity index (χ0) is 43.6. The van der Waals surface area contributed by atoms with Crippen molar-refractivity contribution in [3.05, 3.63) is 12.2 Å². The first kappa shape index (κ1) is 57.8. The smallest absolute Gasteiger partial charge is 0.306 e. The van der Waals surface area contributed by atoms with E-state index in [0.29, 0.717) is 17.4 Å². The minimum absolute atomic E-state index is 0.0280. The van der Waals surface area contributed by atoms with E-state index in [-0.39, 0.29) is 32.0 Å². The molecule has 2 atom stereocenters. The Morgan fingerprint density at radius 2 is 0.864 bits per heavy atom. The molecule has 10 heteroatoms. The first-order valence-corrected chi connectivity index (χ1v) is 26.4. The molecule has 0 heterocycles. The van der Waals surface area contributed by atoms with Crippen LogP contribution in [0.25, 0.3) is 0 Å². The first-order valence-electron chi connectivity index (χ1n) is 24.9. The van der Waals surface area contributed by atoms with Gasteiger partial charge in [-0.2, -0.15) is 0 Å². The van der Waals surface area contributed by atoms with E-state index in [9.17, 15) is 19.0 Å². The molecule has 0 saturated heterocycles. The van der Waals surface area contributed by atoms with Crippen molar-refractivity contribution in [2.75, 3.05) is 47.5 Å². The number of quaternary nitrogens is 1. The van der Waals surface area contributed by atoms with E-state index in [0.717, 1.165) is 38.5 Å². The summed E-state index contributed by atoms with van der Waals surface area (Å²) in [5, 5.41) is 0. The van der Waals surface area contributed by atoms with Gasteiger partial charge in [-0.15, -0.1) is 0 Å². The fraction of sp³-hybridized carbons (Fsp3) is 0.918. The van der Waals surface area contributed by atoms with Crippen molar-refractivity contribution >= 4 is 19.8 Å². The van der Waals surface area contributed by atoms with E-state index in [1.807, 2.05) is 21.1 Å². The van der Waals surface area contributed by atoms with Crippen LogP contribution in [0.3, 0.4) is 0 Å². The number of esters is 2. The van der Waals surface area contributed by atoms with Gasteiger partial charge < -0.3 is 27.9 Å². The fourth-order valence-corrected chi connectivity index (χ4v) is 7.85. The maximum absolute atomic E-state index is 12.7. The van der Waals surface area contributed by atoms with Crippen molar-refractivity contribution in [3.8, 4) is 0 Å². The van der Waals surface area contributed by atoms with Gasteiger partial charge in [-0.25, -0.2) is 0 Å². The summed E-state index contributed by atoms with van der Waals surface area (Å²) in [6.45, 7) is 4.26. The zero-order valence-electron chi connectivity index (χ0n) is 39.5. The van der Waals surface area contributed by atoms with E-state index < -0.39 is 26.5 Å². The largest absolute Gasteiger partial charge is 0.756 e. The number of rotatable bonds is 46. The van der Waals surface area contributed by atoms with E-state index in [1.54, 1.807) is 0 Å². The molecule has 0 aromatic heterocycles. The van der Waals surface area contributed by atoms with Crippen molar-refractivity contribution < 1.29 is 42.1 Å². The third kappa shape index (κ3) is 46.1. The molecule has 0 aromatic carbocycles. The van der Waals surface area contributed by atoms with E-state index >= 15 is 0 Å². The summed E-state index contributed by atoms with van der Waals surface area (Å²) in [7, 11) is 1.18. The summed E-state index contributed by atoms with van der Waals surface area (Å²) in [6.07, 6.45) is 45.2. The van der Waals surface area contributed by atoms with Crippen molar-refractivity contribution in [3.63, 3.8) is 0 Å². The van der Waals surface area contributed by atoms with Crippen LogP contribution in [0.1, 0.15) is 239 Å². The molecule has 0 aliphatic carbocycles. The van der Waals surface area contributed by atoms with Crippen molar-refractivity contribution in [1.82, 2.24) is 0 Å². The van der Waals surface area contributed by atoms with Gasteiger partial charge in [-0.3, -0.25) is 14.2 Å². The number of carbonyl (C=O) groups is 2. The summed E-state index contributed by atoms with van der Waals surface area (Å²) in [5.74, 6) is -0.825. The van der Waals surface area contributed by atoms with Gasteiger partial charge in [0.05, 0.1) is 27.7 Å². The quantitative estimate of drug-likeness (QED) is 0.0196. The average Bonchev–Trinajstić information content (AvgIpc) is 3.19. The molecule has 59 heavy (non-hydrogen) atoms. The third-order valence-electron chi connectivity index (χ3n) is 11.0. The van der Waals surface area contributed by atoms with E-state index in [1.165, 1.54) is 167 Å². The second-order valence-electron chi connectivity index (χ2n) is 18.2. The van der Waals surface area contributed by atoms with Crippen LogP contribution in [-0.4, -0.2) is 70.0 Å². The number of nitrogens with zero attached hydrogens (tertiary/aromatic N) is 1. The van der Waals surface area contributed by atoms with E-state index in [4.69, 9.17) is 18.5 Å². The SMILES string of the molecule is CCCCCCCC/C=C/CCCCCCCCCC(=O)OC[C@H](COP(=O)([O-])OCC[N+](C)(C)C)OC(=O)CCCCCCCCCCCCCCCCCCCC. The van der Waals surface area contributed by atoms with Crippen LogP contribution in [0.5, 0.6) is 0 Å². The molecule has 1 unspecified atom stereocenters. The Hall–Kier alpha value is -1.25. The van der Waals surface area contributed by atoms with Crippen LogP contribution >= 0.6 is 7.82 Å². The highest BCUT2D eigenvalue weighted by molar-refractivity contribution is 7.45. The van der Waals surface area contributed by atoms with Gasteiger partial charge in [0, 0.05) is 12.8 Å². The van der Waals surface area contributed by atoms with Crippen molar-refractivity contribution in [2.45, 2.75) is 245 Å². The monoisotopic (exact) mass is 858 g/mol. The number of hydrogen-bond acceptors (Lipinski definition) is 8. The van der Waals surface area contributed by atoms with Crippen LogP contribution in [0.2, 0.25) is 0 Å². The molecule has 0 bridgehead atoms. The molecule has 0 aromatic rings. The molecule has 0 fully saturated rings. The minimum atomic E-state index is -4.62. The molecule has 0 saturated carbocycles. The Morgan fingerprint density at radius 1 is 0.508 bits per heavy atom. The lowest BCUT2D eigenvalue weighted by Gasteiger charge is -2.28. The van der Waals surface area contributed by atoms with Crippen molar-refractivity contribution in [1.29, 1.82) is 0 Å². The van der Waals surface area contributed by atoms with Gasteiger partial charge in [0.25, 0.3) is 7.82 Å². The van der Waals surface area contributed by atoms with Crippen LogP contribution in [0.15, 0.2) is 12.2 Å². The fourth-order valence-electron chi connectivity index (χ4n) is 7.12. The number of hydrogen-bond donors (Lipinski definition) is 0. The number of allylic oxidation sites excluding steroid dienone is 2. The molecule has 9 nitrogen and oxygen atoms in total.